The Hall–Kier alpha value is -3.16. The van der Waals surface area contributed by atoms with Gasteiger partial charge in [0.1, 0.15) is 0 Å². The van der Waals surface area contributed by atoms with Crippen LogP contribution in [-0.4, -0.2) is 34.6 Å². The van der Waals surface area contributed by atoms with Crippen LogP contribution in [0.2, 0.25) is 5.02 Å². The van der Waals surface area contributed by atoms with Gasteiger partial charge in [-0.05, 0) is 37.1 Å². The van der Waals surface area contributed by atoms with Crippen molar-refractivity contribution in [1.29, 1.82) is 0 Å². The number of aliphatic carboxylic acids is 1. The highest BCUT2D eigenvalue weighted by Gasteiger charge is 2.40. The molecule has 30 heavy (non-hydrogen) atoms. The molecule has 0 atom stereocenters. The zero-order chi connectivity index (χ0) is 21.9. The van der Waals surface area contributed by atoms with Crippen molar-refractivity contribution in [3.05, 3.63) is 70.8 Å². The molecule has 2 aromatic rings. The van der Waals surface area contributed by atoms with E-state index < -0.39 is 17.3 Å². The lowest BCUT2D eigenvalue weighted by atomic mass is 9.95. The Morgan fingerprint density at radius 2 is 1.93 bits per heavy atom. The van der Waals surface area contributed by atoms with E-state index in [0.717, 1.165) is 6.08 Å². The highest BCUT2D eigenvalue weighted by Crippen LogP contribution is 2.30. The quantitative estimate of drug-likeness (QED) is 0.683. The van der Waals surface area contributed by atoms with Crippen LogP contribution in [0.3, 0.4) is 0 Å². The maximum atomic E-state index is 12.3. The molecule has 0 unspecified atom stereocenters. The van der Waals surface area contributed by atoms with Crippen molar-refractivity contribution in [2.24, 2.45) is 5.41 Å². The lowest BCUT2D eigenvalue weighted by Gasteiger charge is -2.17. The van der Waals surface area contributed by atoms with Crippen molar-refractivity contribution >= 4 is 40.6 Å². The number of nitrogens with one attached hydrogen (secondary N) is 1. The Bertz CT molecular complexity index is 1020. The molecule has 1 heterocycles. The molecule has 0 radical (unpaired) electrons. The van der Waals surface area contributed by atoms with Crippen molar-refractivity contribution in [3.8, 4) is 0 Å². The predicted molar refractivity (Wildman–Crippen MR) is 112 cm³/mol. The number of carboxylic acid groups (broad SMARTS) is 1. The first-order valence-electron chi connectivity index (χ1n) is 9.22. The number of hydrogen-bond acceptors (Lipinski definition) is 4. The number of carbonyl (C=O) groups excluding carboxylic acids is 2. The third-order valence-corrected chi connectivity index (χ3v) is 4.96. The molecule has 0 bridgehead atoms. The first-order chi connectivity index (χ1) is 14.2. The first kappa shape index (κ1) is 21.5. The van der Waals surface area contributed by atoms with Gasteiger partial charge in [-0.3, -0.25) is 14.4 Å². The monoisotopic (exact) mass is 428 g/mol. The molecule has 1 aliphatic rings. The van der Waals surface area contributed by atoms with Gasteiger partial charge < -0.3 is 10.4 Å². The second-order valence-corrected chi connectivity index (χ2v) is 7.93. The van der Waals surface area contributed by atoms with Crippen molar-refractivity contribution in [2.75, 3.05) is 11.9 Å². The number of carbonyl (C=O) groups is 3. The van der Waals surface area contributed by atoms with Crippen LogP contribution >= 0.6 is 11.6 Å². The summed E-state index contributed by atoms with van der Waals surface area (Å²) < 4.78 is 0. The summed E-state index contributed by atoms with van der Waals surface area (Å²) in [4.78, 5) is 41.5. The van der Waals surface area contributed by atoms with E-state index in [0.29, 0.717) is 28.4 Å². The molecule has 1 saturated heterocycles. The summed E-state index contributed by atoms with van der Waals surface area (Å²) in [5, 5.41) is 13.6. The Kier molecular flexibility index (Phi) is 6.24. The summed E-state index contributed by atoms with van der Waals surface area (Å²) in [6.07, 6.45) is 1.03. The minimum absolute atomic E-state index is 0.122. The number of amides is 2. The van der Waals surface area contributed by atoms with E-state index in [1.165, 1.54) is 11.1 Å². The van der Waals surface area contributed by atoms with E-state index in [1.807, 2.05) is 13.8 Å². The van der Waals surface area contributed by atoms with Gasteiger partial charge in [-0.25, -0.2) is 9.86 Å². The lowest BCUT2D eigenvalue weighted by molar-refractivity contribution is -0.165. The molecular weight excluding hydrogens is 408 g/mol. The number of hydrogen-bond donors (Lipinski definition) is 2. The van der Waals surface area contributed by atoms with Gasteiger partial charge in [0.15, 0.2) is 0 Å². The van der Waals surface area contributed by atoms with Gasteiger partial charge >= 0.3 is 5.97 Å². The molecule has 0 aliphatic carbocycles. The maximum Gasteiger partial charge on any atom is 0.336 e. The lowest BCUT2D eigenvalue weighted by Crippen LogP contribution is -2.30. The van der Waals surface area contributed by atoms with Crippen LogP contribution in [0.15, 0.2) is 54.6 Å². The zero-order valence-electron chi connectivity index (χ0n) is 16.5. The van der Waals surface area contributed by atoms with Gasteiger partial charge in [0, 0.05) is 16.8 Å². The van der Waals surface area contributed by atoms with Crippen molar-refractivity contribution in [3.63, 3.8) is 0 Å². The van der Waals surface area contributed by atoms with Gasteiger partial charge in [-0.1, -0.05) is 48.0 Å². The molecule has 1 fully saturated rings. The highest BCUT2D eigenvalue weighted by molar-refractivity contribution is 6.31. The number of nitrogens with zero attached hydrogens (tertiary/aromatic N) is 1. The predicted octanol–water partition coefficient (Wildman–Crippen LogP) is 3.75. The van der Waals surface area contributed by atoms with E-state index in [-0.39, 0.29) is 18.0 Å². The first-order valence-corrected chi connectivity index (χ1v) is 9.60. The molecule has 0 spiro atoms. The van der Waals surface area contributed by atoms with Crippen molar-refractivity contribution in [1.82, 2.24) is 5.06 Å². The molecule has 3 rings (SSSR count). The normalized spacial score (nSPS) is 15.9. The van der Waals surface area contributed by atoms with Crippen molar-refractivity contribution < 1.29 is 24.3 Å². The molecule has 8 heteroatoms. The molecule has 2 aromatic carbocycles. The number of benzene rings is 2. The van der Waals surface area contributed by atoms with E-state index in [9.17, 15) is 19.5 Å². The molecule has 7 nitrogen and oxygen atoms in total. The highest BCUT2D eigenvalue weighted by atomic mass is 35.5. The summed E-state index contributed by atoms with van der Waals surface area (Å²) in [6, 6.07) is 13.2. The molecular formula is C22H21ClN2O5. The van der Waals surface area contributed by atoms with Gasteiger partial charge in [0.25, 0.3) is 5.91 Å². The molecule has 0 aromatic heterocycles. The van der Waals surface area contributed by atoms with E-state index in [1.54, 1.807) is 42.5 Å². The fourth-order valence-corrected chi connectivity index (χ4v) is 3.16. The molecule has 1 aliphatic heterocycles. The second-order valence-electron chi connectivity index (χ2n) is 7.52. The Morgan fingerprint density at radius 3 is 2.50 bits per heavy atom. The number of hydroxylamine groups is 2. The molecule has 2 amide bonds. The maximum absolute atomic E-state index is 12.3. The van der Waals surface area contributed by atoms with Crippen LogP contribution < -0.4 is 5.32 Å². The third kappa shape index (κ3) is 4.87. The van der Waals surface area contributed by atoms with Crippen LogP contribution in [0, 0.1) is 5.41 Å². The van der Waals surface area contributed by atoms with Crippen LogP contribution in [0.4, 0.5) is 5.69 Å². The molecule has 156 valence electrons. The topological polar surface area (TPSA) is 95.9 Å². The van der Waals surface area contributed by atoms with Crippen LogP contribution in [0.25, 0.3) is 5.57 Å². The largest absolute Gasteiger partial charge is 0.478 e. The zero-order valence-corrected chi connectivity index (χ0v) is 17.3. The summed E-state index contributed by atoms with van der Waals surface area (Å²) in [5.41, 5.74) is 0.784. The summed E-state index contributed by atoms with van der Waals surface area (Å²) >= 11 is 6.31. The van der Waals surface area contributed by atoms with Gasteiger partial charge in [0.05, 0.1) is 24.1 Å². The fraction of sp³-hybridized carbons (Fsp3) is 0.227. The number of rotatable bonds is 6. The smallest absolute Gasteiger partial charge is 0.336 e. The summed E-state index contributed by atoms with van der Waals surface area (Å²) in [7, 11) is 0. The van der Waals surface area contributed by atoms with Crippen molar-refractivity contribution in [2.45, 2.75) is 20.4 Å². The van der Waals surface area contributed by atoms with E-state index in [2.05, 4.69) is 5.32 Å². The van der Waals surface area contributed by atoms with Crippen LogP contribution in [0.1, 0.15) is 25.0 Å². The SMILES string of the molecule is CC1(C)CON(Cc2ccc(NC(=O)/C=C(\C(=O)O)c3ccccc3)cc2Cl)C1=O. The fourth-order valence-electron chi connectivity index (χ4n) is 2.92. The molecule has 2 N–H and O–H groups in total. The van der Waals surface area contributed by atoms with Gasteiger partial charge in [-0.15, -0.1) is 0 Å². The van der Waals surface area contributed by atoms with Crippen LogP contribution in [-0.2, 0) is 25.8 Å². The third-order valence-electron chi connectivity index (χ3n) is 4.61. The Morgan fingerprint density at radius 1 is 1.23 bits per heavy atom. The average Bonchev–Trinajstić information content (AvgIpc) is 2.95. The summed E-state index contributed by atoms with van der Waals surface area (Å²) in [6.45, 7) is 4.11. The number of anilines is 1. The Balaban J connectivity index is 1.71. The molecule has 0 saturated carbocycles. The van der Waals surface area contributed by atoms with E-state index >= 15 is 0 Å². The number of carboxylic acids is 1. The number of halogens is 1. The Labute approximate surface area is 178 Å². The minimum Gasteiger partial charge on any atom is -0.478 e. The van der Waals surface area contributed by atoms with E-state index in [4.69, 9.17) is 16.4 Å². The standard InChI is InChI=1S/C22H21ClN2O5/c1-22(2)13-30-25(21(22)29)12-15-8-9-16(10-18(15)23)24-19(26)11-17(20(27)28)14-6-4-3-5-7-14/h3-11H,12-13H2,1-2H3,(H,24,26)(H,27,28)/b17-11-. The van der Waals surface area contributed by atoms with Gasteiger partial charge in [0.2, 0.25) is 5.91 Å². The van der Waals surface area contributed by atoms with Crippen LogP contribution in [0.5, 0.6) is 0 Å². The minimum atomic E-state index is -1.21. The second kappa shape index (κ2) is 8.69. The van der Waals surface area contributed by atoms with Gasteiger partial charge in [-0.2, -0.15) is 0 Å². The summed E-state index contributed by atoms with van der Waals surface area (Å²) in [5.74, 6) is -1.92. The average molecular weight is 429 g/mol.